The molecule has 0 aliphatic heterocycles. The quantitative estimate of drug-likeness (QED) is 0.448. The number of aryl methyl sites for hydroxylation is 1. The van der Waals surface area contributed by atoms with Gasteiger partial charge in [0.05, 0.1) is 17.6 Å². The molecule has 0 saturated carbocycles. The van der Waals surface area contributed by atoms with Crippen LogP contribution in [0.3, 0.4) is 0 Å². The molecule has 154 valence electrons. The number of carbonyl (C=O) groups is 1. The molecule has 0 fully saturated rings. The van der Waals surface area contributed by atoms with Gasteiger partial charge in [0.2, 0.25) is 0 Å². The molecule has 8 heteroatoms. The molecule has 0 aliphatic rings. The second-order valence-electron chi connectivity index (χ2n) is 7.05. The lowest BCUT2D eigenvalue weighted by atomic mass is 10.2. The first kappa shape index (κ1) is 20.7. The van der Waals surface area contributed by atoms with Gasteiger partial charge in [0, 0.05) is 26.4 Å². The fourth-order valence-electron chi connectivity index (χ4n) is 3.34. The zero-order valence-electron chi connectivity index (χ0n) is 17.1. The maximum atomic E-state index is 13.1. The average Bonchev–Trinajstić information content (AvgIpc) is 2.71. The molecule has 3 rings (SSSR count). The number of carbonyl (C=O) groups excluding carboxylic acids is 1. The van der Waals surface area contributed by atoms with E-state index in [2.05, 4.69) is 17.2 Å². The zero-order chi connectivity index (χ0) is 21.0. The van der Waals surface area contributed by atoms with Gasteiger partial charge in [-0.1, -0.05) is 25.8 Å². The van der Waals surface area contributed by atoms with Crippen molar-refractivity contribution in [1.82, 2.24) is 19.3 Å². The number of amides is 1. The number of ether oxygens (including phenoxy) is 1. The van der Waals surface area contributed by atoms with Gasteiger partial charge in [0.15, 0.2) is 0 Å². The van der Waals surface area contributed by atoms with Crippen molar-refractivity contribution in [1.29, 1.82) is 5.41 Å². The Hall–Kier alpha value is -3.00. The predicted octanol–water partition coefficient (Wildman–Crippen LogP) is 2.00. The minimum Gasteiger partial charge on any atom is -0.383 e. The first-order valence-electron chi connectivity index (χ1n) is 9.86. The van der Waals surface area contributed by atoms with E-state index in [1.54, 1.807) is 23.9 Å². The first-order chi connectivity index (χ1) is 14.0. The lowest BCUT2D eigenvalue weighted by Crippen LogP contribution is -2.36. The molecule has 2 N–H and O–H groups in total. The summed E-state index contributed by atoms with van der Waals surface area (Å²) in [7, 11) is 1.57. The van der Waals surface area contributed by atoms with Gasteiger partial charge in [-0.05, 0) is 31.0 Å². The molecule has 29 heavy (non-hydrogen) atoms. The predicted molar refractivity (Wildman–Crippen MR) is 111 cm³/mol. The summed E-state index contributed by atoms with van der Waals surface area (Å²) in [6.45, 7) is 5.17. The molecule has 3 heterocycles. The minimum absolute atomic E-state index is 0.0207. The van der Waals surface area contributed by atoms with Crippen molar-refractivity contribution in [3.05, 3.63) is 51.4 Å². The molecule has 0 spiro atoms. The van der Waals surface area contributed by atoms with Crippen LogP contribution in [0.4, 0.5) is 0 Å². The van der Waals surface area contributed by atoms with Crippen LogP contribution in [0, 0.1) is 12.3 Å². The molecule has 0 bridgehead atoms. The maximum absolute atomic E-state index is 13.1. The van der Waals surface area contributed by atoms with E-state index in [1.165, 1.54) is 10.5 Å². The van der Waals surface area contributed by atoms with Crippen LogP contribution in [0.5, 0.6) is 0 Å². The van der Waals surface area contributed by atoms with Crippen LogP contribution in [0.2, 0.25) is 0 Å². The minimum atomic E-state index is -0.354. The highest BCUT2D eigenvalue weighted by Crippen LogP contribution is 2.12. The van der Waals surface area contributed by atoms with Crippen LogP contribution in [0.25, 0.3) is 16.7 Å². The molecule has 0 saturated heterocycles. The van der Waals surface area contributed by atoms with E-state index in [0.29, 0.717) is 36.4 Å². The molecule has 0 aromatic carbocycles. The fourth-order valence-corrected chi connectivity index (χ4v) is 3.34. The van der Waals surface area contributed by atoms with Crippen LogP contribution >= 0.6 is 0 Å². The Labute approximate surface area is 168 Å². The van der Waals surface area contributed by atoms with Gasteiger partial charge < -0.3 is 14.6 Å². The average molecular weight is 397 g/mol. The van der Waals surface area contributed by atoms with Gasteiger partial charge in [-0.2, -0.15) is 0 Å². The number of fused-ring (bicyclic) bond motifs is 2. The third-order valence-corrected chi connectivity index (χ3v) is 4.96. The second kappa shape index (κ2) is 9.00. The monoisotopic (exact) mass is 397 g/mol. The Balaban J connectivity index is 2.21. The number of hydrogen-bond acceptors (Lipinski definition) is 5. The number of nitrogens with zero attached hydrogens (tertiary/aromatic N) is 3. The molecule has 0 unspecified atom stereocenters. The van der Waals surface area contributed by atoms with Gasteiger partial charge in [0.1, 0.15) is 16.8 Å². The lowest BCUT2D eigenvalue weighted by molar-refractivity contribution is 0.0950. The fraction of sp³-hybridized carbons (Fsp3) is 0.429. The number of rotatable bonds is 8. The molecule has 0 atom stereocenters. The molecule has 3 aromatic rings. The Morgan fingerprint density at radius 2 is 2.10 bits per heavy atom. The molecule has 3 aromatic heterocycles. The second-order valence-corrected chi connectivity index (χ2v) is 7.05. The van der Waals surface area contributed by atoms with Crippen LogP contribution in [-0.2, 0) is 11.3 Å². The normalized spacial score (nSPS) is 11.3. The topological polar surface area (TPSA) is 101 Å². The van der Waals surface area contributed by atoms with Crippen LogP contribution in [0.15, 0.2) is 29.2 Å². The number of unbranched alkanes of at least 4 members (excludes halogenated alkanes) is 2. The maximum Gasteiger partial charge on any atom is 0.267 e. The van der Waals surface area contributed by atoms with E-state index in [0.717, 1.165) is 24.8 Å². The summed E-state index contributed by atoms with van der Waals surface area (Å²) >= 11 is 0. The Morgan fingerprint density at radius 3 is 2.83 bits per heavy atom. The summed E-state index contributed by atoms with van der Waals surface area (Å²) in [5.41, 5.74) is 1.69. The summed E-state index contributed by atoms with van der Waals surface area (Å²) in [6.07, 6.45) is 4.62. The Morgan fingerprint density at radius 1 is 1.31 bits per heavy atom. The Kier molecular flexibility index (Phi) is 6.43. The van der Waals surface area contributed by atoms with E-state index < -0.39 is 0 Å². The Bertz CT molecular complexity index is 1160. The summed E-state index contributed by atoms with van der Waals surface area (Å²) in [4.78, 5) is 30.5. The summed E-state index contributed by atoms with van der Waals surface area (Å²) in [5, 5.41) is 11.7. The van der Waals surface area contributed by atoms with Crippen LogP contribution in [-0.4, -0.2) is 40.1 Å². The van der Waals surface area contributed by atoms with E-state index >= 15 is 0 Å². The smallest absolute Gasteiger partial charge is 0.267 e. The highest BCUT2D eigenvalue weighted by atomic mass is 16.5. The van der Waals surface area contributed by atoms with Crippen molar-refractivity contribution >= 4 is 22.6 Å². The van der Waals surface area contributed by atoms with Crippen molar-refractivity contribution in [2.75, 3.05) is 20.3 Å². The third-order valence-electron chi connectivity index (χ3n) is 4.96. The van der Waals surface area contributed by atoms with Gasteiger partial charge in [0.25, 0.3) is 11.5 Å². The lowest BCUT2D eigenvalue weighted by Gasteiger charge is -2.15. The van der Waals surface area contributed by atoms with Gasteiger partial charge in [-0.15, -0.1) is 0 Å². The molecule has 0 aliphatic carbocycles. The van der Waals surface area contributed by atoms with Crippen molar-refractivity contribution in [2.24, 2.45) is 0 Å². The van der Waals surface area contributed by atoms with E-state index in [4.69, 9.17) is 10.1 Å². The molecule has 8 nitrogen and oxygen atoms in total. The SMILES string of the molecule is CCCCCNC(=O)c1cc2c(=O)n3cccc(C)c3nc2n(CCOC)c1=N. The number of nitrogens with one attached hydrogen (secondary N) is 2. The molecule has 0 radical (unpaired) electrons. The van der Waals surface area contributed by atoms with Crippen LogP contribution in [0.1, 0.15) is 42.1 Å². The number of hydrogen-bond donors (Lipinski definition) is 2. The summed E-state index contributed by atoms with van der Waals surface area (Å²) in [6, 6.07) is 5.16. The first-order valence-corrected chi connectivity index (χ1v) is 9.86. The van der Waals surface area contributed by atoms with Crippen molar-refractivity contribution in [3.63, 3.8) is 0 Å². The van der Waals surface area contributed by atoms with E-state index in [1.807, 2.05) is 13.0 Å². The standard InChI is InChI=1S/C21H27N5O3/c1-4-5-6-9-23-20(27)15-13-16-19(25(17(15)22)11-12-29-3)24-18-14(2)8-7-10-26(18)21(16)28/h7-8,10,13,22H,4-6,9,11-12H2,1-3H3,(H,23,27). The van der Waals surface area contributed by atoms with Gasteiger partial charge >= 0.3 is 0 Å². The third kappa shape index (κ3) is 4.07. The highest BCUT2D eigenvalue weighted by molar-refractivity contribution is 5.96. The highest BCUT2D eigenvalue weighted by Gasteiger charge is 2.17. The van der Waals surface area contributed by atoms with Gasteiger partial charge in [-0.3, -0.25) is 19.4 Å². The van der Waals surface area contributed by atoms with Crippen molar-refractivity contribution in [2.45, 2.75) is 39.7 Å². The molecular weight excluding hydrogens is 370 g/mol. The molecule has 1 amide bonds. The van der Waals surface area contributed by atoms with Gasteiger partial charge in [-0.25, -0.2) is 4.98 Å². The van der Waals surface area contributed by atoms with E-state index in [-0.39, 0.29) is 22.5 Å². The summed E-state index contributed by atoms with van der Waals surface area (Å²) < 4.78 is 8.22. The largest absolute Gasteiger partial charge is 0.383 e. The molecular formula is C21H27N5O3. The summed E-state index contributed by atoms with van der Waals surface area (Å²) in [5.74, 6) is -0.354. The van der Waals surface area contributed by atoms with Crippen molar-refractivity contribution in [3.8, 4) is 0 Å². The number of methoxy groups -OCH3 is 1. The van der Waals surface area contributed by atoms with Crippen LogP contribution < -0.4 is 16.4 Å². The number of pyridine rings is 2. The number of aromatic nitrogens is 3. The van der Waals surface area contributed by atoms with E-state index in [9.17, 15) is 9.59 Å². The van der Waals surface area contributed by atoms with Crippen molar-refractivity contribution < 1.29 is 9.53 Å². The zero-order valence-corrected chi connectivity index (χ0v) is 17.1.